The van der Waals surface area contributed by atoms with Crippen molar-refractivity contribution in [2.24, 2.45) is 0 Å². The van der Waals surface area contributed by atoms with Gasteiger partial charge in [-0.1, -0.05) is 5.72 Å². The minimum absolute atomic E-state index is 0.155. The van der Waals surface area contributed by atoms with E-state index in [0.717, 1.165) is 0 Å². The van der Waals surface area contributed by atoms with E-state index in [-0.39, 0.29) is 12.3 Å². The molecular weight excluding hydrogens is 143 g/mol. The third-order valence-corrected chi connectivity index (χ3v) is 0.717. The molecule has 0 aromatic carbocycles. The minimum Gasteiger partial charge on any atom is -0.373 e. The van der Waals surface area contributed by atoms with Gasteiger partial charge in [-0.15, -0.1) is 0 Å². The van der Waals surface area contributed by atoms with Gasteiger partial charge in [0.2, 0.25) is 0 Å². The number of hydrogen-bond acceptors (Lipinski definition) is 1. The van der Waals surface area contributed by atoms with Crippen molar-refractivity contribution in [3.63, 3.8) is 0 Å². The van der Waals surface area contributed by atoms with E-state index in [9.17, 15) is 13.2 Å². The van der Waals surface area contributed by atoms with Crippen molar-refractivity contribution in [3.05, 3.63) is 0 Å². The molecule has 0 saturated carbocycles. The summed E-state index contributed by atoms with van der Waals surface area (Å²) >= 11 is 0. The number of halogens is 3. The second kappa shape index (κ2) is 3.91. The molecule has 0 aromatic heterocycles. The summed E-state index contributed by atoms with van der Waals surface area (Å²) in [4.78, 5) is 0. The molecule has 0 aliphatic rings. The zero-order valence-electron chi connectivity index (χ0n) is 6.03. The lowest BCUT2D eigenvalue weighted by atomic mass is 9.72. The average molecular weight is 152 g/mol. The summed E-state index contributed by atoms with van der Waals surface area (Å²) < 4.78 is 38.5. The first-order chi connectivity index (χ1) is 4.42. The quantitative estimate of drug-likeness (QED) is 0.498. The molecule has 0 aromatic rings. The van der Waals surface area contributed by atoms with Crippen LogP contribution in [-0.4, -0.2) is 35.1 Å². The van der Waals surface area contributed by atoms with Gasteiger partial charge in [0.15, 0.2) is 0 Å². The average Bonchev–Trinajstić information content (AvgIpc) is 1.59. The lowest BCUT2D eigenvalue weighted by molar-refractivity contribution is -0.173. The Morgan fingerprint density at radius 3 is 2.10 bits per heavy atom. The van der Waals surface area contributed by atoms with Crippen LogP contribution in [0.2, 0.25) is 5.72 Å². The molecule has 0 atom stereocenters. The van der Waals surface area contributed by atoms with E-state index < -0.39 is 12.8 Å². The van der Waals surface area contributed by atoms with Crippen LogP contribution in [0.1, 0.15) is 0 Å². The number of rotatable bonds is 3. The summed E-state index contributed by atoms with van der Waals surface area (Å²) in [5.74, 6) is 0. The molecule has 0 aliphatic heterocycles. The van der Waals surface area contributed by atoms with Gasteiger partial charge >= 0.3 is 6.18 Å². The molecule has 0 N–H and O–H groups in total. The summed E-state index contributed by atoms with van der Waals surface area (Å²) in [7, 11) is 3.60. The Balaban J connectivity index is 3.21. The highest BCUT2D eigenvalue weighted by atomic mass is 19.4. The maximum absolute atomic E-state index is 11.4. The van der Waals surface area contributed by atoms with E-state index in [2.05, 4.69) is 4.74 Å². The fourth-order valence-corrected chi connectivity index (χ4v) is 0.410. The Morgan fingerprint density at radius 2 is 1.80 bits per heavy atom. The smallest absolute Gasteiger partial charge is 0.373 e. The lowest BCUT2D eigenvalue weighted by Crippen LogP contribution is -2.18. The van der Waals surface area contributed by atoms with Crippen molar-refractivity contribution in [3.8, 4) is 0 Å². The van der Waals surface area contributed by atoms with Crippen LogP contribution >= 0.6 is 0 Å². The van der Waals surface area contributed by atoms with Crippen molar-refractivity contribution in [1.29, 1.82) is 0 Å². The Bertz CT molecular complexity index is 93.0. The van der Waals surface area contributed by atoms with Gasteiger partial charge in [-0.25, -0.2) is 0 Å². The molecule has 0 aliphatic carbocycles. The van der Waals surface area contributed by atoms with Gasteiger partial charge in [0.05, 0.1) is 15.7 Å². The molecule has 0 amide bonds. The van der Waals surface area contributed by atoms with Crippen LogP contribution in [-0.2, 0) is 4.74 Å². The van der Waals surface area contributed by atoms with Gasteiger partial charge in [0.25, 0.3) is 0 Å². The molecule has 0 unspecified atom stereocenters. The third-order valence-electron chi connectivity index (χ3n) is 0.717. The van der Waals surface area contributed by atoms with Crippen LogP contribution in [0, 0.1) is 0 Å². The van der Waals surface area contributed by atoms with Crippen LogP contribution in [0.15, 0.2) is 0 Å². The van der Waals surface area contributed by atoms with Crippen molar-refractivity contribution < 1.29 is 17.9 Å². The molecule has 0 spiro atoms. The first-order valence-corrected chi connectivity index (χ1v) is 3.06. The second-order valence-corrected chi connectivity index (χ2v) is 2.52. The molecule has 0 rings (SSSR count). The van der Waals surface area contributed by atoms with Gasteiger partial charge in [-0.2, -0.15) is 13.2 Å². The lowest BCUT2D eigenvalue weighted by Gasteiger charge is -2.08. The molecule has 58 valence electrons. The second-order valence-electron chi connectivity index (χ2n) is 2.52. The Kier molecular flexibility index (Phi) is 3.86. The van der Waals surface area contributed by atoms with Crippen LogP contribution < -0.4 is 0 Å². The largest absolute Gasteiger partial charge is 0.411 e. The highest BCUT2D eigenvalue weighted by Crippen LogP contribution is 2.14. The van der Waals surface area contributed by atoms with Gasteiger partial charge in [-0.05, 0) is 0 Å². The Morgan fingerprint density at radius 1 is 1.30 bits per heavy atom. The zero-order chi connectivity index (χ0) is 8.20. The summed E-state index contributed by atoms with van der Waals surface area (Å²) in [6.07, 6.45) is -4.19. The first kappa shape index (κ1) is 9.88. The monoisotopic (exact) mass is 152 g/mol. The highest BCUT2D eigenvalue weighted by molar-refractivity contribution is 6.35. The molecule has 0 bridgehead atoms. The van der Waals surface area contributed by atoms with E-state index >= 15 is 0 Å². The molecule has 1 nitrogen and oxygen atoms in total. The highest BCUT2D eigenvalue weighted by Gasteiger charge is 2.27. The minimum atomic E-state index is -4.19. The summed E-state index contributed by atoms with van der Waals surface area (Å²) in [6.45, 7) is -0.968. The van der Waals surface area contributed by atoms with Gasteiger partial charge in [0.1, 0.15) is 6.61 Å². The first-order valence-electron chi connectivity index (χ1n) is 3.06. The van der Waals surface area contributed by atoms with Gasteiger partial charge in [0, 0.05) is 6.61 Å². The van der Waals surface area contributed by atoms with Gasteiger partial charge in [-0.3, -0.25) is 0 Å². The SMILES string of the molecule is BC(B)COCC(F)(F)F. The molecule has 0 radical (unpaired) electrons. The van der Waals surface area contributed by atoms with Crippen LogP contribution in [0.3, 0.4) is 0 Å². The van der Waals surface area contributed by atoms with E-state index in [1.165, 1.54) is 0 Å². The molecule has 6 heteroatoms. The standard InChI is InChI=1S/C4H9B2F3O/c5-3(6)1-10-2-4(7,8)9/h3H,1-2,5-6H2. The van der Waals surface area contributed by atoms with Crippen LogP contribution in [0.5, 0.6) is 0 Å². The van der Waals surface area contributed by atoms with Gasteiger partial charge < -0.3 is 4.74 Å². The van der Waals surface area contributed by atoms with Crippen molar-refractivity contribution in [2.75, 3.05) is 13.2 Å². The maximum Gasteiger partial charge on any atom is 0.411 e. The molecule has 0 saturated heterocycles. The fraction of sp³-hybridized carbons (Fsp3) is 1.00. The van der Waals surface area contributed by atoms with E-state index in [1.54, 1.807) is 15.7 Å². The van der Waals surface area contributed by atoms with E-state index in [1.807, 2.05) is 0 Å². The topological polar surface area (TPSA) is 9.23 Å². The predicted molar refractivity (Wildman–Crippen MR) is 37.7 cm³/mol. The number of alkyl halides is 3. The molecule has 0 fully saturated rings. The Hall–Kier alpha value is -0.120. The third kappa shape index (κ3) is 7.88. The number of hydrogen-bond donors (Lipinski definition) is 0. The molecule has 10 heavy (non-hydrogen) atoms. The van der Waals surface area contributed by atoms with Crippen molar-refractivity contribution >= 4 is 15.7 Å². The summed E-state index contributed by atoms with van der Waals surface area (Å²) in [6, 6.07) is 0. The Labute approximate surface area is 59.7 Å². The normalized spacial score (nSPS) is 12.4. The van der Waals surface area contributed by atoms with Crippen LogP contribution in [0.25, 0.3) is 0 Å². The summed E-state index contributed by atoms with van der Waals surface area (Å²) in [5, 5.41) is 0. The molecular formula is C4H9B2F3O. The predicted octanol–water partition coefficient (Wildman–Crippen LogP) is -0.423. The fourth-order valence-electron chi connectivity index (χ4n) is 0.410. The van der Waals surface area contributed by atoms with E-state index in [4.69, 9.17) is 0 Å². The summed E-state index contributed by atoms with van der Waals surface area (Å²) in [5.41, 5.74) is 0.155. The van der Waals surface area contributed by atoms with E-state index in [0.29, 0.717) is 0 Å². The number of ether oxygens (including phenoxy) is 1. The van der Waals surface area contributed by atoms with Crippen molar-refractivity contribution in [2.45, 2.75) is 11.9 Å². The van der Waals surface area contributed by atoms with Crippen molar-refractivity contribution in [1.82, 2.24) is 0 Å². The van der Waals surface area contributed by atoms with Crippen LogP contribution in [0.4, 0.5) is 13.2 Å². The zero-order valence-corrected chi connectivity index (χ0v) is 6.03. The maximum atomic E-state index is 11.4. The molecule has 0 heterocycles.